The Bertz CT molecular complexity index is 977. The molecule has 0 saturated carbocycles. The maximum Gasteiger partial charge on any atom is 0.272 e. The maximum atomic E-state index is 13.2. The van der Waals surface area contributed by atoms with Crippen LogP contribution in [0.2, 0.25) is 0 Å². The van der Waals surface area contributed by atoms with Crippen LogP contribution in [0.5, 0.6) is 5.75 Å². The molecule has 0 unspecified atom stereocenters. The highest BCUT2D eigenvalue weighted by Crippen LogP contribution is 2.37. The topological polar surface area (TPSA) is 50.0 Å². The van der Waals surface area contributed by atoms with Crippen LogP contribution in [-0.2, 0) is 4.79 Å². The Morgan fingerprint density at radius 3 is 2.39 bits per heavy atom. The molecule has 2 heterocycles. The number of aryl methyl sites for hydroxylation is 1. The quantitative estimate of drug-likeness (QED) is 0.558. The Morgan fingerprint density at radius 1 is 1.21 bits per heavy atom. The molecule has 2 aromatic rings. The van der Waals surface area contributed by atoms with Gasteiger partial charge in [0.05, 0.1) is 11.8 Å². The first-order valence-corrected chi connectivity index (χ1v) is 9.37. The SMILES string of the molecule is [C-]#[N+]c1ncc(N2C(=O)C(C)(C)N(c3ccc(OC(C)C)cc3)C2=S)cc1C. The predicted molar refractivity (Wildman–Crippen MR) is 114 cm³/mol. The summed E-state index contributed by atoms with van der Waals surface area (Å²) in [6, 6.07) is 9.31. The number of aromatic nitrogens is 1. The number of hydrogen-bond donors (Lipinski definition) is 0. The van der Waals surface area contributed by atoms with Gasteiger partial charge in [-0.15, -0.1) is 4.98 Å². The lowest BCUT2D eigenvalue weighted by Crippen LogP contribution is -2.44. The van der Waals surface area contributed by atoms with E-state index in [1.807, 2.05) is 56.9 Å². The van der Waals surface area contributed by atoms with Crippen LogP contribution in [0.15, 0.2) is 36.5 Å². The molecule has 1 aromatic heterocycles. The zero-order valence-corrected chi connectivity index (χ0v) is 17.4. The first-order chi connectivity index (χ1) is 13.2. The number of amides is 1. The molecule has 0 N–H and O–H groups in total. The van der Waals surface area contributed by atoms with E-state index in [2.05, 4.69) is 9.83 Å². The van der Waals surface area contributed by atoms with E-state index in [1.165, 1.54) is 11.1 Å². The van der Waals surface area contributed by atoms with E-state index >= 15 is 0 Å². The number of carbonyl (C=O) groups excluding carboxylic acids is 1. The van der Waals surface area contributed by atoms with E-state index in [-0.39, 0.29) is 12.0 Å². The number of ether oxygens (including phenoxy) is 1. The maximum absolute atomic E-state index is 13.2. The Labute approximate surface area is 170 Å². The number of hydrogen-bond acceptors (Lipinski definition) is 4. The zero-order valence-electron chi connectivity index (χ0n) is 16.6. The average molecular weight is 395 g/mol. The fourth-order valence-electron chi connectivity index (χ4n) is 3.19. The summed E-state index contributed by atoms with van der Waals surface area (Å²) < 4.78 is 5.70. The van der Waals surface area contributed by atoms with Crippen LogP contribution < -0.4 is 14.5 Å². The molecule has 6 nitrogen and oxygen atoms in total. The van der Waals surface area contributed by atoms with Crippen molar-refractivity contribution in [1.82, 2.24) is 4.98 Å². The number of nitrogens with zero attached hydrogens (tertiary/aromatic N) is 4. The van der Waals surface area contributed by atoms with Crippen LogP contribution >= 0.6 is 12.2 Å². The van der Waals surface area contributed by atoms with Crippen molar-refractivity contribution in [1.29, 1.82) is 0 Å². The molecule has 144 valence electrons. The molecular formula is C21H22N4O2S. The molecule has 0 spiro atoms. The van der Waals surface area contributed by atoms with E-state index in [0.717, 1.165) is 11.4 Å². The van der Waals surface area contributed by atoms with Gasteiger partial charge in [-0.3, -0.25) is 9.69 Å². The Balaban J connectivity index is 1.98. The number of carbonyl (C=O) groups is 1. The summed E-state index contributed by atoms with van der Waals surface area (Å²) in [7, 11) is 0. The van der Waals surface area contributed by atoms with Gasteiger partial charge >= 0.3 is 0 Å². The van der Waals surface area contributed by atoms with Crippen molar-refractivity contribution in [3.63, 3.8) is 0 Å². The molecule has 0 radical (unpaired) electrons. The summed E-state index contributed by atoms with van der Waals surface area (Å²) >= 11 is 5.67. The molecule has 3 rings (SSSR count). The van der Waals surface area contributed by atoms with E-state index in [0.29, 0.717) is 22.2 Å². The normalized spacial score (nSPS) is 15.9. The minimum absolute atomic E-state index is 0.0846. The van der Waals surface area contributed by atoms with Gasteiger partial charge in [0, 0.05) is 5.69 Å². The lowest BCUT2D eigenvalue weighted by molar-refractivity contribution is -0.120. The van der Waals surface area contributed by atoms with Crippen LogP contribution in [-0.4, -0.2) is 27.6 Å². The van der Waals surface area contributed by atoms with Crippen LogP contribution in [0.1, 0.15) is 33.3 Å². The van der Waals surface area contributed by atoms with Gasteiger partial charge in [0.1, 0.15) is 17.5 Å². The minimum Gasteiger partial charge on any atom is -0.491 e. The Hall–Kier alpha value is -2.98. The Morgan fingerprint density at radius 2 is 1.86 bits per heavy atom. The third-order valence-electron chi connectivity index (χ3n) is 4.54. The largest absolute Gasteiger partial charge is 0.491 e. The fourth-order valence-corrected chi connectivity index (χ4v) is 3.72. The van der Waals surface area contributed by atoms with E-state index < -0.39 is 5.54 Å². The smallest absolute Gasteiger partial charge is 0.272 e. The van der Waals surface area contributed by atoms with Gasteiger partial charge in [-0.1, -0.05) is 6.57 Å². The number of benzene rings is 1. The van der Waals surface area contributed by atoms with Crippen molar-refractivity contribution in [2.24, 2.45) is 0 Å². The molecule has 1 fully saturated rings. The lowest BCUT2D eigenvalue weighted by atomic mass is 10.0. The third-order valence-corrected chi connectivity index (χ3v) is 4.90. The van der Waals surface area contributed by atoms with Crippen molar-refractivity contribution in [3.05, 3.63) is 53.5 Å². The first kappa shape index (κ1) is 19.8. The van der Waals surface area contributed by atoms with Crippen LogP contribution in [0.3, 0.4) is 0 Å². The summed E-state index contributed by atoms with van der Waals surface area (Å²) in [5, 5.41) is 0.379. The van der Waals surface area contributed by atoms with E-state index in [4.69, 9.17) is 23.5 Å². The highest BCUT2D eigenvalue weighted by Gasteiger charge is 2.50. The van der Waals surface area contributed by atoms with Crippen LogP contribution in [0.4, 0.5) is 17.2 Å². The fraction of sp³-hybridized carbons (Fsp3) is 0.333. The molecule has 1 aliphatic rings. The molecule has 1 amide bonds. The van der Waals surface area contributed by atoms with Gasteiger partial charge in [0.15, 0.2) is 5.11 Å². The van der Waals surface area contributed by atoms with Crippen molar-refractivity contribution >= 4 is 40.4 Å². The monoisotopic (exact) mass is 394 g/mol. The second-order valence-electron chi connectivity index (χ2n) is 7.42. The molecule has 1 aliphatic heterocycles. The van der Waals surface area contributed by atoms with Gasteiger partial charge in [-0.2, -0.15) is 0 Å². The summed E-state index contributed by atoms with van der Waals surface area (Å²) in [4.78, 5) is 24.0. The summed E-state index contributed by atoms with van der Waals surface area (Å²) in [5.74, 6) is 0.939. The molecule has 7 heteroatoms. The molecule has 0 aliphatic carbocycles. The molecular weight excluding hydrogens is 372 g/mol. The van der Waals surface area contributed by atoms with Crippen molar-refractivity contribution < 1.29 is 9.53 Å². The summed E-state index contributed by atoms with van der Waals surface area (Å²) in [5.41, 5.74) is 1.22. The summed E-state index contributed by atoms with van der Waals surface area (Å²) in [6.45, 7) is 16.6. The molecule has 0 atom stereocenters. The number of rotatable bonds is 4. The van der Waals surface area contributed by atoms with E-state index in [9.17, 15) is 4.79 Å². The number of thiocarbonyl (C=S) groups is 1. The molecule has 28 heavy (non-hydrogen) atoms. The molecule has 1 aromatic carbocycles. The average Bonchev–Trinajstić information content (AvgIpc) is 2.80. The highest BCUT2D eigenvalue weighted by atomic mass is 32.1. The van der Waals surface area contributed by atoms with Crippen molar-refractivity contribution in [2.75, 3.05) is 9.80 Å². The predicted octanol–water partition coefficient (Wildman–Crippen LogP) is 4.64. The Kier molecular flexibility index (Phi) is 5.09. The zero-order chi connectivity index (χ0) is 20.6. The second kappa shape index (κ2) is 7.21. The molecule has 1 saturated heterocycles. The summed E-state index contributed by atoms with van der Waals surface area (Å²) in [6.07, 6.45) is 1.60. The van der Waals surface area contributed by atoms with Gasteiger partial charge in [0.2, 0.25) is 0 Å². The number of pyridine rings is 1. The lowest BCUT2D eigenvalue weighted by Gasteiger charge is -2.29. The minimum atomic E-state index is -0.857. The van der Waals surface area contributed by atoms with E-state index in [1.54, 1.807) is 13.0 Å². The van der Waals surface area contributed by atoms with Gasteiger partial charge < -0.3 is 14.5 Å². The first-order valence-electron chi connectivity index (χ1n) is 8.96. The van der Waals surface area contributed by atoms with Gasteiger partial charge in [-0.25, -0.2) is 0 Å². The third kappa shape index (κ3) is 3.32. The second-order valence-corrected chi connectivity index (χ2v) is 7.79. The van der Waals surface area contributed by atoms with Crippen molar-refractivity contribution in [3.8, 4) is 5.75 Å². The highest BCUT2D eigenvalue weighted by molar-refractivity contribution is 7.81. The van der Waals surface area contributed by atoms with Gasteiger partial charge in [-0.05, 0) is 82.7 Å². The molecule has 0 bridgehead atoms. The van der Waals surface area contributed by atoms with Gasteiger partial charge in [0.25, 0.3) is 11.7 Å². The standard InChI is InChI=1S/C21H22N4O2S/c1-13(2)27-17-9-7-15(8-10-17)25-20(28)24(19(26)21(25,4)5)16-11-14(3)18(22-6)23-12-16/h7-13H,1-5H3. The van der Waals surface area contributed by atoms with Crippen molar-refractivity contribution in [2.45, 2.75) is 46.3 Å². The van der Waals surface area contributed by atoms with Crippen LogP contribution in [0, 0.1) is 13.5 Å². The number of anilines is 2. The van der Waals surface area contributed by atoms with Crippen LogP contribution in [0.25, 0.3) is 4.85 Å².